The molecule has 0 aromatic heterocycles. The predicted octanol–water partition coefficient (Wildman–Crippen LogP) is 0.713. The van der Waals surface area contributed by atoms with Crippen LogP contribution in [0.1, 0.15) is 31.1 Å². The summed E-state index contributed by atoms with van der Waals surface area (Å²) in [5.74, 6) is -4.43. The third kappa shape index (κ3) is 1.98. The summed E-state index contributed by atoms with van der Waals surface area (Å²) in [7, 11) is 0. The average molecular weight is 226 g/mol. The standard InChI is InChI=1S/C9H6O7/c10-7(11)4-2-1-3-5(9(14)16-15)6(4)8(12)13/h1-3,15H,(H,10,11)(H,12,13). The molecule has 7 nitrogen and oxygen atoms in total. The van der Waals surface area contributed by atoms with E-state index in [0.29, 0.717) is 0 Å². The zero-order chi connectivity index (χ0) is 12.3. The van der Waals surface area contributed by atoms with Crippen LogP contribution in [0, 0.1) is 0 Å². The van der Waals surface area contributed by atoms with Crippen molar-refractivity contribution in [2.45, 2.75) is 0 Å². The summed E-state index contributed by atoms with van der Waals surface area (Å²) >= 11 is 0. The zero-order valence-corrected chi connectivity index (χ0v) is 7.71. The van der Waals surface area contributed by atoms with Crippen molar-refractivity contribution >= 4 is 17.9 Å². The highest BCUT2D eigenvalue weighted by Crippen LogP contribution is 2.16. The van der Waals surface area contributed by atoms with Crippen molar-refractivity contribution in [2.75, 3.05) is 0 Å². The molecule has 84 valence electrons. The number of carboxylic acids is 2. The molecule has 0 bridgehead atoms. The second-order valence-electron chi connectivity index (χ2n) is 2.72. The highest BCUT2D eigenvalue weighted by Gasteiger charge is 2.24. The fraction of sp³-hybridized carbons (Fsp3) is 0. The first-order valence-corrected chi connectivity index (χ1v) is 3.94. The Hall–Kier alpha value is -2.41. The van der Waals surface area contributed by atoms with Gasteiger partial charge in [0.05, 0.1) is 16.7 Å². The number of carbonyl (C=O) groups is 3. The minimum absolute atomic E-state index is 0.532. The summed E-state index contributed by atoms with van der Waals surface area (Å²) in [6, 6.07) is 3.23. The van der Waals surface area contributed by atoms with Gasteiger partial charge in [-0.25, -0.2) is 14.4 Å². The van der Waals surface area contributed by atoms with Crippen molar-refractivity contribution in [3.8, 4) is 0 Å². The van der Waals surface area contributed by atoms with E-state index in [1.807, 2.05) is 0 Å². The maximum atomic E-state index is 11.0. The van der Waals surface area contributed by atoms with Crippen molar-refractivity contribution in [1.29, 1.82) is 0 Å². The molecule has 0 fully saturated rings. The van der Waals surface area contributed by atoms with Crippen molar-refractivity contribution in [1.82, 2.24) is 0 Å². The molecule has 1 aromatic carbocycles. The monoisotopic (exact) mass is 226 g/mol. The van der Waals surface area contributed by atoms with Gasteiger partial charge in [0.15, 0.2) is 0 Å². The highest BCUT2D eigenvalue weighted by molar-refractivity contribution is 6.09. The van der Waals surface area contributed by atoms with Gasteiger partial charge in [-0.15, -0.1) is 0 Å². The van der Waals surface area contributed by atoms with E-state index in [1.165, 1.54) is 6.07 Å². The average Bonchev–Trinajstić information content (AvgIpc) is 2.26. The van der Waals surface area contributed by atoms with Gasteiger partial charge in [-0.1, -0.05) is 6.07 Å². The van der Waals surface area contributed by atoms with Crippen LogP contribution in [0.2, 0.25) is 0 Å². The normalized spacial score (nSPS) is 9.56. The number of carbonyl (C=O) groups excluding carboxylic acids is 1. The number of hydrogen-bond donors (Lipinski definition) is 3. The summed E-state index contributed by atoms with van der Waals surface area (Å²) < 4.78 is 0. The van der Waals surface area contributed by atoms with Crippen LogP contribution in [0.15, 0.2) is 18.2 Å². The van der Waals surface area contributed by atoms with Gasteiger partial charge >= 0.3 is 17.9 Å². The van der Waals surface area contributed by atoms with Crippen molar-refractivity contribution < 1.29 is 34.7 Å². The van der Waals surface area contributed by atoms with Crippen LogP contribution in [0.3, 0.4) is 0 Å². The molecule has 3 N–H and O–H groups in total. The van der Waals surface area contributed by atoms with Crippen LogP contribution < -0.4 is 0 Å². The van der Waals surface area contributed by atoms with Gasteiger partial charge in [0.2, 0.25) is 0 Å². The van der Waals surface area contributed by atoms with E-state index in [2.05, 4.69) is 4.89 Å². The van der Waals surface area contributed by atoms with E-state index in [4.69, 9.17) is 15.5 Å². The fourth-order valence-electron chi connectivity index (χ4n) is 1.18. The minimum Gasteiger partial charge on any atom is -0.478 e. The first-order valence-electron chi connectivity index (χ1n) is 3.94. The second kappa shape index (κ2) is 4.41. The molecule has 0 amide bonds. The Balaban J connectivity index is 3.51. The SMILES string of the molecule is O=C(O)c1cccc(C(=O)OO)c1C(=O)O. The Morgan fingerprint density at radius 2 is 1.56 bits per heavy atom. The van der Waals surface area contributed by atoms with Crippen LogP contribution in [0.4, 0.5) is 0 Å². The van der Waals surface area contributed by atoms with Gasteiger partial charge in [0.1, 0.15) is 0 Å². The lowest BCUT2D eigenvalue weighted by Gasteiger charge is -2.05. The maximum Gasteiger partial charge on any atom is 0.373 e. The predicted molar refractivity (Wildman–Crippen MR) is 48.4 cm³/mol. The van der Waals surface area contributed by atoms with Crippen LogP contribution in [-0.2, 0) is 4.89 Å². The smallest absolute Gasteiger partial charge is 0.373 e. The summed E-state index contributed by atoms with van der Waals surface area (Å²) in [5, 5.41) is 25.6. The number of rotatable bonds is 3. The van der Waals surface area contributed by atoms with Gasteiger partial charge in [-0.05, 0) is 12.1 Å². The number of benzene rings is 1. The van der Waals surface area contributed by atoms with Crippen LogP contribution in [0.25, 0.3) is 0 Å². The minimum atomic E-state index is -1.60. The molecule has 0 saturated heterocycles. The Morgan fingerprint density at radius 1 is 1.00 bits per heavy atom. The third-order valence-electron chi connectivity index (χ3n) is 1.81. The molecule has 0 aliphatic heterocycles. The van der Waals surface area contributed by atoms with Crippen LogP contribution in [0.5, 0.6) is 0 Å². The Kier molecular flexibility index (Phi) is 3.21. The van der Waals surface area contributed by atoms with Gasteiger partial charge in [-0.3, -0.25) is 4.89 Å². The summed E-state index contributed by atoms with van der Waals surface area (Å²) in [6.45, 7) is 0. The van der Waals surface area contributed by atoms with Crippen molar-refractivity contribution in [2.24, 2.45) is 0 Å². The topological polar surface area (TPSA) is 121 Å². The number of carboxylic acid groups (broad SMARTS) is 2. The molecule has 0 atom stereocenters. The van der Waals surface area contributed by atoms with Gasteiger partial charge in [0, 0.05) is 0 Å². The third-order valence-corrected chi connectivity index (χ3v) is 1.81. The van der Waals surface area contributed by atoms with Crippen LogP contribution in [-0.4, -0.2) is 33.4 Å². The summed E-state index contributed by atoms with van der Waals surface area (Å²) in [5.41, 5.74) is -1.82. The van der Waals surface area contributed by atoms with E-state index in [1.54, 1.807) is 0 Å². The Bertz CT molecular complexity index is 463. The number of hydrogen-bond acceptors (Lipinski definition) is 5. The van der Waals surface area contributed by atoms with E-state index in [-0.39, 0.29) is 0 Å². The van der Waals surface area contributed by atoms with Gasteiger partial charge in [-0.2, -0.15) is 5.26 Å². The first kappa shape index (κ1) is 11.7. The molecule has 0 heterocycles. The molecule has 1 rings (SSSR count). The summed E-state index contributed by atoms with van der Waals surface area (Å²) in [4.78, 5) is 35.9. The van der Waals surface area contributed by atoms with E-state index >= 15 is 0 Å². The van der Waals surface area contributed by atoms with Gasteiger partial charge in [0.25, 0.3) is 0 Å². The molecule has 0 aliphatic carbocycles. The lowest BCUT2D eigenvalue weighted by atomic mass is 10.0. The molecule has 0 unspecified atom stereocenters. The van der Waals surface area contributed by atoms with E-state index in [0.717, 1.165) is 12.1 Å². The van der Waals surface area contributed by atoms with Gasteiger partial charge < -0.3 is 10.2 Å². The molecule has 0 spiro atoms. The molecule has 1 aromatic rings. The molecule has 7 heteroatoms. The Morgan fingerprint density at radius 3 is 2.00 bits per heavy atom. The van der Waals surface area contributed by atoms with Crippen LogP contribution >= 0.6 is 0 Å². The molecular formula is C9H6O7. The lowest BCUT2D eigenvalue weighted by molar-refractivity contribution is -0.182. The molecule has 0 radical (unpaired) electrons. The van der Waals surface area contributed by atoms with Crippen molar-refractivity contribution in [3.05, 3.63) is 34.9 Å². The van der Waals surface area contributed by atoms with Crippen molar-refractivity contribution in [3.63, 3.8) is 0 Å². The Labute approximate surface area is 88.4 Å². The molecule has 0 aliphatic rings. The lowest BCUT2D eigenvalue weighted by Crippen LogP contribution is -2.15. The first-order chi connectivity index (χ1) is 7.49. The largest absolute Gasteiger partial charge is 0.478 e. The molecular weight excluding hydrogens is 220 g/mol. The maximum absolute atomic E-state index is 11.0. The fourth-order valence-corrected chi connectivity index (χ4v) is 1.18. The zero-order valence-electron chi connectivity index (χ0n) is 7.71. The second-order valence-corrected chi connectivity index (χ2v) is 2.72. The van der Waals surface area contributed by atoms with E-state index < -0.39 is 34.6 Å². The van der Waals surface area contributed by atoms with E-state index in [9.17, 15) is 14.4 Å². The quantitative estimate of drug-likeness (QED) is 0.512. The number of aromatic carboxylic acids is 2. The summed E-state index contributed by atoms with van der Waals surface area (Å²) in [6.07, 6.45) is 0. The molecule has 0 saturated carbocycles. The highest BCUT2D eigenvalue weighted by atomic mass is 17.1. The molecule has 16 heavy (non-hydrogen) atoms.